The van der Waals surface area contributed by atoms with Gasteiger partial charge in [-0.1, -0.05) is 35.9 Å². The fourth-order valence-electron chi connectivity index (χ4n) is 2.32. The minimum absolute atomic E-state index is 0.0217. The molecule has 11 heteroatoms. The minimum atomic E-state index is -5.28. The maximum atomic E-state index is 12.8. The van der Waals surface area contributed by atoms with Crippen LogP contribution in [0.25, 0.3) is 11.3 Å². The normalized spacial score (nSPS) is 12.9. The topological polar surface area (TPSA) is 101 Å². The van der Waals surface area contributed by atoms with Crippen molar-refractivity contribution >= 4 is 44.6 Å². The van der Waals surface area contributed by atoms with E-state index in [1.54, 1.807) is 5.32 Å². The third kappa shape index (κ3) is 5.58. The van der Waals surface area contributed by atoms with Gasteiger partial charge in [-0.2, -0.15) is 13.2 Å². The van der Waals surface area contributed by atoms with E-state index in [1.165, 1.54) is 24.3 Å². The van der Waals surface area contributed by atoms with Crippen molar-refractivity contribution in [3.8, 4) is 0 Å². The summed E-state index contributed by atoms with van der Waals surface area (Å²) in [5.41, 5.74) is -1.44. The SMILES string of the molecule is CS(=O)(=O)c1ccc(/C(NC(=O)C(F)(F)F)=C(/C(=O)O)c2ccc(Cl)cc2)cc1. The first-order valence-corrected chi connectivity index (χ1v) is 10.00. The summed E-state index contributed by atoms with van der Waals surface area (Å²) < 4.78 is 61.5. The molecule has 0 spiro atoms. The number of aliphatic carboxylic acids is 1. The first-order chi connectivity index (χ1) is 13.3. The molecule has 2 aromatic carbocycles. The van der Waals surface area contributed by atoms with E-state index in [4.69, 9.17) is 11.6 Å². The van der Waals surface area contributed by atoms with Crippen molar-refractivity contribution in [1.82, 2.24) is 5.32 Å². The summed E-state index contributed by atoms with van der Waals surface area (Å²) in [5.74, 6) is -4.00. The Morgan fingerprint density at radius 3 is 1.86 bits per heavy atom. The number of rotatable bonds is 5. The zero-order valence-corrected chi connectivity index (χ0v) is 16.2. The lowest BCUT2D eigenvalue weighted by molar-refractivity contribution is -0.172. The van der Waals surface area contributed by atoms with Crippen LogP contribution >= 0.6 is 11.6 Å². The number of carboxylic acids is 1. The Morgan fingerprint density at radius 1 is 0.966 bits per heavy atom. The summed E-state index contributed by atoms with van der Waals surface area (Å²) >= 11 is 5.76. The Bertz CT molecular complexity index is 1080. The van der Waals surface area contributed by atoms with Gasteiger partial charge < -0.3 is 10.4 Å². The molecule has 29 heavy (non-hydrogen) atoms. The van der Waals surface area contributed by atoms with Crippen molar-refractivity contribution < 1.29 is 36.3 Å². The number of hydrogen-bond donors (Lipinski definition) is 2. The van der Waals surface area contributed by atoms with E-state index >= 15 is 0 Å². The predicted octanol–water partition coefficient (Wildman–Crippen LogP) is 3.37. The van der Waals surface area contributed by atoms with E-state index in [2.05, 4.69) is 0 Å². The standard InChI is InChI=1S/C18H13ClF3NO5S/c1-29(27,28)13-8-4-11(5-9-13)15(23-17(26)18(20,21)22)14(16(24)25)10-2-6-12(19)7-3-10/h2-9H,1H3,(H,23,26)(H,24,25)/b15-14-. The minimum Gasteiger partial charge on any atom is -0.478 e. The van der Waals surface area contributed by atoms with Crippen LogP contribution < -0.4 is 5.32 Å². The second-order valence-electron chi connectivity index (χ2n) is 5.81. The molecule has 0 radical (unpaired) electrons. The second kappa shape index (κ2) is 8.26. The second-order valence-corrected chi connectivity index (χ2v) is 8.26. The molecule has 0 saturated carbocycles. The van der Waals surface area contributed by atoms with Gasteiger partial charge in [0.1, 0.15) is 0 Å². The van der Waals surface area contributed by atoms with Gasteiger partial charge in [-0.3, -0.25) is 4.79 Å². The molecular formula is C18H13ClF3NO5S. The molecule has 0 aromatic heterocycles. The molecule has 6 nitrogen and oxygen atoms in total. The first kappa shape index (κ1) is 22.4. The Balaban J connectivity index is 2.73. The predicted molar refractivity (Wildman–Crippen MR) is 99.7 cm³/mol. The smallest absolute Gasteiger partial charge is 0.471 e. The van der Waals surface area contributed by atoms with Gasteiger partial charge in [0.05, 0.1) is 16.2 Å². The molecule has 2 rings (SSSR count). The van der Waals surface area contributed by atoms with Crippen molar-refractivity contribution in [3.63, 3.8) is 0 Å². The number of amides is 1. The number of halogens is 4. The van der Waals surface area contributed by atoms with E-state index < -0.39 is 39.2 Å². The summed E-state index contributed by atoms with van der Waals surface area (Å²) in [7, 11) is -3.60. The van der Waals surface area contributed by atoms with Crippen LogP contribution in [0.3, 0.4) is 0 Å². The summed E-state index contributed by atoms with van der Waals surface area (Å²) in [6, 6.07) is 9.55. The van der Waals surface area contributed by atoms with E-state index in [1.807, 2.05) is 0 Å². The van der Waals surface area contributed by atoms with Gasteiger partial charge in [0.15, 0.2) is 9.84 Å². The monoisotopic (exact) mass is 447 g/mol. The molecule has 0 unspecified atom stereocenters. The molecule has 0 aliphatic carbocycles. The van der Waals surface area contributed by atoms with Crippen LogP contribution in [0.15, 0.2) is 53.4 Å². The number of nitrogens with one attached hydrogen (secondary N) is 1. The molecule has 0 atom stereocenters. The highest BCUT2D eigenvalue weighted by molar-refractivity contribution is 7.90. The zero-order valence-electron chi connectivity index (χ0n) is 14.6. The Labute approximate surface area is 168 Å². The van der Waals surface area contributed by atoms with Gasteiger partial charge in [-0.15, -0.1) is 0 Å². The fourth-order valence-corrected chi connectivity index (χ4v) is 3.08. The number of carboxylic acid groups (broad SMARTS) is 1. The fraction of sp³-hybridized carbons (Fsp3) is 0.111. The highest BCUT2D eigenvalue weighted by atomic mass is 35.5. The van der Waals surface area contributed by atoms with Crippen molar-refractivity contribution in [3.05, 3.63) is 64.7 Å². The molecule has 2 N–H and O–H groups in total. The molecule has 0 aliphatic rings. The van der Waals surface area contributed by atoms with Gasteiger partial charge in [0.25, 0.3) is 0 Å². The third-order valence-corrected chi connectivity index (χ3v) is 5.04. The van der Waals surface area contributed by atoms with Gasteiger partial charge in [-0.25, -0.2) is 13.2 Å². The summed E-state index contributed by atoms with van der Waals surface area (Å²) in [4.78, 5) is 23.2. The Kier molecular flexibility index (Phi) is 6.39. The highest BCUT2D eigenvalue weighted by Crippen LogP contribution is 2.28. The van der Waals surface area contributed by atoms with E-state index in [0.29, 0.717) is 0 Å². The van der Waals surface area contributed by atoms with E-state index in [-0.39, 0.29) is 21.0 Å². The van der Waals surface area contributed by atoms with Crippen molar-refractivity contribution in [2.75, 3.05) is 6.26 Å². The van der Waals surface area contributed by atoms with Crippen molar-refractivity contribution in [1.29, 1.82) is 0 Å². The summed E-state index contributed by atoms with van der Waals surface area (Å²) in [6.07, 6.45) is -4.35. The molecule has 154 valence electrons. The number of alkyl halides is 3. The van der Waals surface area contributed by atoms with Crippen LogP contribution in [0.4, 0.5) is 13.2 Å². The van der Waals surface area contributed by atoms with Crippen LogP contribution in [0, 0.1) is 0 Å². The average Bonchev–Trinajstić information content (AvgIpc) is 2.61. The highest BCUT2D eigenvalue weighted by Gasteiger charge is 2.40. The largest absolute Gasteiger partial charge is 0.478 e. The van der Waals surface area contributed by atoms with Crippen molar-refractivity contribution in [2.24, 2.45) is 0 Å². The van der Waals surface area contributed by atoms with Gasteiger partial charge >= 0.3 is 18.1 Å². The maximum Gasteiger partial charge on any atom is 0.471 e. The van der Waals surface area contributed by atoms with Crippen LogP contribution in [-0.4, -0.2) is 37.8 Å². The molecule has 0 bridgehead atoms. The maximum absolute atomic E-state index is 12.8. The molecule has 0 saturated heterocycles. The van der Waals surface area contributed by atoms with Gasteiger partial charge in [-0.05, 0) is 35.4 Å². The number of hydrogen-bond acceptors (Lipinski definition) is 4. The molecule has 2 aromatic rings. The lowest BCUT2D eigenvalue weighted by Crippen LogP contribution is -2.36. The summed E-state index contributed by atoms with van der Waals surface area (Å²) in [5, 5.41) is 11.4. The van der Waals surface area contributed by atoms with Crippen LogP contribution in [0.1, 0.15) is 11.1 Å². The Hall–Kier alpha value is -2.85. The van der Waals surface area contributed by atoms with Gasteiger partial charge in [0, 0.05) is 11.3 Å². The first-order valence-electron chi connectivity index (χ1n) is 7.73. The van der Waals surface area contributed by atoms with Crippen LogP contribution in [0.5, 0.6) is 0 Å². The van der Waals surface area contributed by atoms with E-state index in [9.17, 15) is 36.3 Å². The number of carbonyl (C=O) groups excluding carboxylic acids is 1. The average molecular weight is 448 g/mol. The van der Waals surface area contributed by atoms with Crippen molar-refractivity contribution in [2.45, 2.75) is 11.1 Å². The van der Waals surface area contributed by atoms with Crippen LogP contribution in [-0.2, 0) is 19.4 Å². The molecule has 0 aliphatic heterocycles. The molecular weight excluding hydrogens is 435 g/mol. The Morgan fingerprint density at radius 2 is 1.45 bits per heavy atom. The molecule has 0 fully saturated rings. The third-order valence-electron chi connectivity index (χ3n) is 3.66. The van der Waals surface area contributed by atoms with Crippen LogP contribution in [0.2, 0.25) is 5.02 Å². The quantitative estimate of drug-likeness (QED) is 0.540. The number of benzene rings is 2. The lowest BCUT2D eigenvalue weighted by Gasteiger charge is -2.16. The van der Waals surface area contributed by atoms with E-state index in [0.717, 1.165) is 30.5 Å². The zero-order chi connectivity index (χ0) is 22.0. The number of carbonyl (C=O) groups is 2. The van der Waals surface area contributed by atoms with Gasteiger partial charge in [0.2, 0.25) is 0 Å². The molecule has 0 heterocycles. The lowest BCUT2D eigenvalue weighted by atomic mass is 9.99. The number of sulfone groups is 1. The molecule has 1 amide bonds. The summed E-state index contributed by atoms with van der Waals surface area (Å²) in [6.45, 7) is 0.